The lowest BCUT2D eigenvalue weighted by Gasteiger charge is -2.45. The number of hydrogen-bond acceptors (Lipinski definition) is 3. The summed E-state index contributed by atoms with van der Waals surface area (Å²) in [6.07, 6.45) is 4.26. The van der Waals surface area contributed by atoms with E-state index < -0.39 is 10.0 Å². The third-order valence-corrected chi connectivity index (χ3v) is 7.35. The monoisotopic (exact) mass is 356 g/mol. The molecule has 0 N–H and O–H groups in total. The molecule has 2 aliphatic heterocycles. The van der Waals surface area contributed by atoms with Crippen molar-refractivity contribution >= 4 is 21.6 Å². The lowest BCUT2D eigenvalue weighted by Crippen LogP contribution is -2.56. The molecule has 1 aromatic rings. The molecule has 0 bridgehead atoms. The molecule has 2 saturated heterocycles. The van der Waals surface area contributed by atoms with E-state index in [0.717, 1.165) is 43.8 Å². The Labute approximate surface area is 144 Å². The first kappa shape index (κ1) is 17.2. The van der Waals surface area contributed by atoms with E-state index in [0.29, 0.717) is 13.1 Å². The van der Waals surface area contributed by atoms with Crippen molar-refractivity contribution in [1.29, 1.82) is 0 Å². The van der Waals surface area contributed by atoms with Crippen molar-refractivity contribution in [2.75, 3.05) is 25.4 Å². The van der Waals surface area contributed by atoms with E-state index >= 15 is 0 Å². The van der Waals surface area contributed by atoms with Crippen molar-refractivity contribution in [3.05, 3.63) is 34.9 Å². The van der Waals surface area contributed by atoms with Crippen LogP contribution in [0.5, 0.6) is 0 Å². The van der Waals surface area contributed by atoms with Gasteiger partial charge in [0.15, 0.2) is 0 Å². The van der Waals surface area contributed by atoms with Crippen LogP contribution in [0.3, 0.4) is 0 Å². The van der Waals surface area contributed by atoms with Crippen LogP contribution < -0.4 is 0 Å². The molecule has 0 radical (unpaired) electrons. The van der Waals surface area contributed by atoms with Crippen LogP contribution in [0.1, 0.15) is 38.2 Å². The van der Waals surface area contributed by atoms with Gasteiger partial charge >= 0.3 is 0 Å². The maximum absolute atomic E-state index is 12.3. The second kappa shape index (κ2) is 6.71. The van der Waals surface area contributed by atoms with Crippen LogP contribution in [0.25, 0.3) is 0 Å². The number of benzene rings is 1. The molecule has 1 atom stereocenters. The summed E-state index contributed by atoms with van der Waals surface area (Å²) in [5.74, 6) is 0.192. The Morgan fingerprint density at radius 2 is 1.96 bits per heavy atom. The summed E-state index contributed by atoms with van der Waals surface area (Å²) in [5.41, 5.74) is 1.21. The van der Waals surface area contributed by atoms with E-state index in [1.165, 1.54) is 5.56 Å². The molecule has 0 saturated carbocycles. The number of rotatable bonds is 4. The first-order valence-electron chi connectivity index (χ1n) is 8.42. The molecule has 6 heteroatoms. The van der Waals surface area contributed by atoms with E-state index in [4.69, 9.17) is 11.6 Å². The van der Waals surface area contributed by atoms with Gasteiger partial charge in [0.05, 0.1) is 5.75 Å². The Morgan fingerprint density at radius 1 is 1.22 bits per heavy atom. The summed E-state index contributed by atoms with van der Waals surface area (Å²) in [5, 5.41) is 0.759. The molecule has 1 spiro atoms. The summed E-state index contributed by atoms with van der Waals surface area (Å²) in [4.78, 5) is 2.48. The average molecular weight is 357 g/mol. The normalized spacial score (nSPS) is 26.9. The fourth-order valence-electron chi connectivity index (χ4n) is 4.05. The smallest absolute Gasteiger partial charge is 0.213 e. The van der Waals surface area contributed by atoms with Gasteiger partial charge in [-0.1, -0.05) is 23.7 Å². The number of sulfonamides is 1. The fourth-order valence-corrected chi connectivity index (χ4v) is 5.47. The molecule has 2 heterocycles. The Morgan fingerprint density at radius 3 is 2.65 bits per heavy atom. The van der Waals surface area contributed by atoms with E-state index in [2.05, 4.69) is 11.0 Å². The topological polar surface area (TPSA) is 40.6 Å². The molecule has 2 aliphatic rings. The van der Waals surface area contributed by atoms with Crippen LogP contribution in [0.15, 0.2) is 24.3 Å². The van der Waals surface area contributed by atoms with Crippen molar-refractivity contribution in [3.8, 4) is 0 Å². The molecule has 2 fully saturated rings. The summed E-state index contributed by atoms with van der Waals surface area (Å²) in [7, 11) is -3.10. The summed E-state index contributed by atoms with van der Waals surface area (Å²) >= 11 is 6.10. The zero-order chi connectivity index (χ0) is 16.5. The second-order valence-electron chi connectivity index (χ2n) is 6.72. The van der Waals surface area contributed by atoms with Crippen LogP contribution >= 0.6 is 11.6 Å². The molecule has 23 heavy (non-hydrogen) atoms. The van der Waals surface area contributed by atoms with Gasteiger partial charge in [0.1, 0.15) is 0 Å². The first-order chi connectivity index (χ1) is 11.0. The molecule has 0 aliphatic carbocycles. The highest BCUT2D eigenvalue weighted by Gasteiger charge is 2.45. The molecule has 3 rings (SSSR count). The minimum absolute atomic E-state index is 0.00279. The zero-order valence-electron chi connectivity index (χ0n) is 13.7. The third kappa shape index (κ3) is 3.58. The highest BCUT2D eigenvalue weighted by molar-refractivity contribution is 7.89. The van der Waals surface area contributed by atoms with Gasteiger partial charge in [0, 0.05) is 30.2 Å². The van der Waals surface area contributed by atoms with E-state index in [-0.39, 0.29) is 11.3 Å². The third-order valence-electron chi connectivity index (χ3n) is 5.28. The number of nitrogens with zero attached hydrogens (tertiary/aromatic N) is 2. The van der Waals surface area contributed by atoms with Crippen molar-refractivity contribution in [1.82, 2.24) is 9.21 Å². The maximum atomic E-state index is 12.3. The Balaban J connectivity index is 1.79. The summed E-state index contributed by atoms with van der Waals surface area (Å²) < 4.78 is 26.3. The van der Waals surface area contributed by atoms with Crippen molar-refractivity contribution in [2.24, 2.45) is 0 Å². The second-order valence-corrected chi connectivity index (χ2v) is 9.41. The number of halogens is 1. The van der Waals surface area contributed by atoms with Crippen LogP contribution in [0.2, 0.25) is 5.02 Å². The maximum Gasteiger partial charge on any atom is 0.213 e. The largest absolute Gasteiger partial charge is 0.292 e. The molecule has 0 unspecified atom stereocenters. The molecule has 4 nitrogen and oxygen atoms in total. The van der Waals surface area contributed by atoms with Crippen LogP contribution in [-0.2, 0) is 16.6 Å². The molecular weight excluding hydrogens is 332 g/mol. The fraction of sp³-hybridized carbons (Fsp3) is 0.647. The number of hydrogen-bond donors (Lipinski definition) is 0. The van der Waals surface area contributed by atoms with Crippen molar-refractivity contribution in [3.63, 3.8) is 0 Å². The average Bonchev–Trinajstić information content (AvgIpc) is 2.89. The Bertz CT molecular complexity index is 664. The Kier molecular flexibility index (Phi) is 5.02. The predicted octanol–water partition coefficient (Wildman–Crippen LogP) is 3.12. The quantitative estimate of drug-likeness (QED) is 0.832. The standard InChI is InChI=1S/C17H25ClN2O2S/c1-2-23(21,22)20-11-5-9-17(14-20)8-4-10-19(17)13-15-6-3-7-16(18)12-15/h3,6-7,12H,2,4-5,8-11,13-14H2,1H3/t17-/m1/s1. The Hall–Kier alpha value is -0.620. The minimum atomic E-state index is -3.10. The zero-order valence-corrected chi connectivity index (χ0v) is 15.2. The van der Waals surface area contributed by atoms with Gasteiger partial charge in [-0.2, -0.15) is 0 Å². The van der Waals surface area contributed by atoms with E-state index in [9.17, 15) is 8.42 Å². The van der Waals surface area contributed by atoms with Gasteiger partial charge in [-0.3, -0.25) is 4.90 Å². The number of piperidine rings is 1. The van der Waals surface area contributed by atoms with E-state index in [1.807, 2.05) is 18.2 Å². The lowest BCUT2D eigenvalue weighted by molar-refractivity contribution is 0.0680. The van der Waals surface area contributed by atoms with Crippen molar-refractivity contribution in [2.45, 2.75) is 44.7 Å². The molecule has 1 aromatic carbocycles. The highest BCUT2D eigenvalue weighted by atomic mass is 35.5. The van der Waals surface area contributed by atoms with Gasteiger partial charge in [0.25, 0.3) is 0 Å². The van der Waals surface area contributed by atoms with Crippen LogP contribution in [-0.4, -0.2) is 48.5 Å². The highest BCUT2D eigenvalue weighted by Crippen LogP contribution is 2.39. The SMILES string of the molecule is CCS(=O)(=O)N1CCC[C@]2(CCCN2Cc2cccc(Cl)c2)C1. The molecular formula is C17H25ClN2O2S. The molecule has 0 amide bonds. The summed E-state index contributed by atoms with van der Waals surface area (Å²) in [6.45, 7) is 4.93. The van der Waals surface area contributed by atoms with Crippen molar-refractivity contribution < 1.29 is 8.42 Å². The van der Waals surface area contributed by atoms with Crippen LogP contribution in [0.4, 0.5) is 0 Å². The molecule has 128 valence electrons. The predicted molar refractivity (Wildman–Crippen MR) is 94.1 cm³/mol. The van der Waals surface area contributed by atoms with E-state index in [1.54, 1.807) is 11.2 Å². The molecule has 0 aromatic heterocycles. The number of likely N-dealkylation sites (tertiary alicyclic amines) is 1. The first-order valence-corrected chi connectivity index (χ1v) is 10.4. The van der Waals surface area contributed by atoms with Crippen LogP contribution in [0, 0.1) is 0 Å². The van der Waals surface area contributed by atoms with Gasteiger partial charge in [-0.15, -0.1) is 0 Å². The van der Waals surface area contributed by atoms with Gasteiger partial charge in [-0.25, -0.2) is 12.7 Å². The summed E-state index contributed by atoms with van der Waals surface area (Å²) in [6, 6.07) is 7.98. The lowest BCUT2D eigenvalue weighted by atomic mass is 9.87. The van der Waals surface area contributed by atoms with Gasteiger partial charge < -0.3 is 0 Å². The van der Waals surface area contributed by atoms with Gasteiger partial charge in [-0.05, 0) is 56.8 Å². The minimum Gasteiger partial charge on any atom is -0.292 e. The van der Waals surface area contributed by atoms with Gasteiger partial charge in [0.2, 0.25) is 10.0 Å².